The topological polar surface area (TPSA) is 67.9 Å². The number of halogens is 1. The van der Waals surface area contributed by atoms with Crippen LogP contribution in [0.1, 0.15) is 32.4 Å². The zero-order chi connectivity index (χ0) is 24.8. The molecule has 182 valence electrons. The molecule has 0 aliphatic carbocycles. The van der Waals surface area contributed by atoms with Gasteiger partial charge < -0.3 is 19.7 Å². The van der Waals surface area contributed by atoms with Crippen LogP contribution in [0.4, 0.5) is 0 Å². The maximum Gasteiger partial charge on any atom is 0.251 e. The lowest BCUT2D eigenvalue weighted by molar-refractivity contribution is -0.128. The summed E-state index contributed by atoms with van der Waals surface area (Å²) in [7, 11) is 3.20. The number of methoxy groups -OCH3 is 2. The summed E-state index contributed by atoms with van der Waals surface area (Å²) in [6.07, 6.45) is 0.671. The number of nitrogens with one attached hydrogen (secondary N) is 1. The van der Waals surface area contributed by atoms with Crippen LogP contribution < -0.4 is 14.8 Å². The Morgan fingerprint density at radius 3 is 2.37 bits per heavy atom. The van der Waals surface area contributed by atoms with Crippen molar-refractivity contribution in [3.8, 4) is 11.5 Å². The zero-order valence-corrected chi connectivity index (χ0v) is 21.2. The highest BCUT2D eigenvalue weighted by Crippen LogP contribution is 2.39. The lowest BCUT2D eigenvalue weighted by Crippen LogP contribution is -2.28. The molecule has 3 aromatic rings. The Morgan fingerprint density at radius 1 is 1.00 bits per heavy atom. The predicted octanol–water partition coefficient (Wildman–Crippen LogP) is 5.10. The molecule has 0 spiro atoms. The second-order valence-electron chi connectivity index (χ2n) is 8.13. The molecule has 3 aromatic carbocycles. The Kier molecular flexibility index (Phi) is 8.21. The van der Waals surface area contributed by atoms with E-state index in [2.05, 4.69) is 5.32 Å². The minimum Gasteiger partial charge on any atom is -0.493 e. The first-order valence-electron chi connectivity index (χ1n) is 11.2. The number of benzene rings is 3. The second-order valence-corrected chi connectivity index (χ2v) is 9.63. The van der Waals surface area contributed by atoms with Gasteiger partial charge >= 0.3 is 0 Å². The molecule has 2 amide bonds. The first-order chi connectivity index (χ1) is 17.0. The molecule has 0 radical (unpaired) electrons. The number of carbonyl (C=O) groups excluding carboxylic acids is 2. The Balaban J connectivity index is 1.35. The van der Waals surface area contributed by atoms with E-state index in [1.165, 1.54) is 0 Å². The van der Waals surface area contributed by atoms with E-state index in [-0.39, 0.29) is 17.2 Å². The highest BCUT2D eigenvalue weighted by molar-refractivity contribution is 8.00. The fraction of sp³-hybridized carbons (Fsp3) is 0.259. The lowest BCUT2D eigenvalue weighted by atomic mass is 10.1. The molecule has 1 heterocycles. The molecular formula is C27H27ClN2O4S. The van der Waals surface area contributed by atoms with E-state index in [1.54, 1.807) is 26.0 Å². The molecule has 1 fully saturated rings. The minimum atomic E-state index is -0.134. The molecule has 0 saturated carbocycles. The number of amides is 2. The van der Waals surface area contributed by atoms with E-state index in [9.17, 15) is 9.59 Å². The Hall–Kier alpha value is -3.16. The molecule has 1 saturated heterocycles. The van der Waals surface area contributed by atoms with Gasteiger partial charge in [0.25, 0.3) is 5.91 Å². The molecule has 1 aliphatic heterocycles. The normalized spacial score (nSPS) is 15.2. The highest BCUT2D eigenvalue weighted by Gasteiger charge is 2.32. The van der Waals surface area contributed by atoms with Gasteiger partial charge in [0, 0.05) is 23.7 Å². The van der Waals surface area contributed by atoms with Gasteiger partial charge in [-0.25, -0.2) is 0 Å². The molecule has 8 heteroatoms. The Morgan fingerprint density at radius 2 is 1.69 bits per heavy atom. The van der Waals surface area contributed by atoms with Gasteiger partial charge in [-0.15, -0.1) is 11.8 Å². The van der Waals surface area contributed by atoms with Crippen molar-refractivity contribution in [3.63, 3.8) is 0 Å². The molecule has 0 bridgehead atoms. The number of rotatable bonds is 9. The monoisotopic (exact) mass is 510 g/mol. The number of nitrogens with zero attached hydrogens (tertiary/aromatic N) is 1. The quantitative estimate of drug-likeness (QED) is 0.433. The summed E-state index contributed by atoms with van der Waals surface area (Å²) in [5.41, 5.74) is 3.65. The molecule has 0 aromatic heterocycles. The van der Waals surface area contributed by atoms with E-state index in [0.717, 1.165) is 16.7 Å². The average Bonchev–Trinajstić information content (AvgIpc) is 3.25. The molecule has 4 rings (SSSR count). The van der Waals surface area contributed by atoms with Crippen LogP contribution in [0.3, 0.4) is 0 Å². The summed E-state index contributed by atoms with van der Waals surface area (Å²) >= 11 is 7.58. The maximum absolute atomic E-state index is 12.6. The van der Waals surface area contributed by atoms with Crippen molar-refractivity contribution in [2.75, 3.05) is 26.5 Å². The first-order valence-corrected chi connectivity index (χ1v) is 12.7. The lowest BCUT2D eigenvalue weighted by Gasteiger charge is -2.24. The van der Waals surface area contributed by atoms with Crippen molar-refractivity contribution < 1.29 is 19.1 Å². The summed E-state index contributed by atoms with van der Waals surface area (Å²) < 4.78 is 10.6. The second kappa shape index (κ2) is 11.5. The van der Waals surface area contributed by atoms with Crippen LogP contribution in [0.15, 0.2) is 66.7 Å². The van der Waals surface area contributed by atoms with Crippen LogP contribution in [-0.2, 0) is 17.8 Å². The van der Waals surface area contributed by atoms with E-state index in [1.807, 2.05) is 71.6 Å². The standard InChI is InChI=1S/C27H27ClN2O4S/c1-33-23-12-5-18(15-24(23)34-2)13-14-29-26(32)20-6-8-21(9-7-20)27-30(25(31)17-35-27)16-19-3-10-22(28)11-4-19/h3-12,15,27H,13-14,16-17H2,1-2H3,(H,29,32)/t27-/m1/s1. The number of hydrogen-bond acceptors (Lipinski definition) is 5. The third kappa shape index (κ3) is 6.10. The summed E-state index contributed by atoms with van der Waals surface area (Å²) in [6, 6.07) is 20.7. The van der Waals surface area contributed by atoms with Crippen molar-refractivity contribution in [1.29, 1.82) is 0 Å². The third-order valence-electron chi connectivity index (χ3n) is 5.84. The maximum atomic E-state index is 12.6. The number of hydrogen-bond donors (Lipinski definition) is 1. The van der Waals surface area contributed by atoms with Crippen LogP contribution in [0.25, 0.3) is 0 Å². The van der Waals surface area contributed by atoms with Gasteiger partial charge in [-0.3, -0.25) is 9.59 Å². The summed E-state index contributed by atoms with van der Waals surface area (Å²) in [5.74, 6) is 1.75. The van der Waals surface area contributed by atoms with Gasteiger partial charge in [0.2, 0.25) is 5.91 Å². The van der Waals surface area contributed by atoms with Crippen LogP contribution >= 0.6 is 23.4 Å². The molecule has 0 unspecified atom stereocenters. The fourth-order valence-corrected chi connectivity index (χ4v) is 5.26. The Labute approximate surface area is 214 Å². The number of ether oxygens (including phenoxy) is 2. The SMILES string of the molecule is COc1ccc(CCNC(=O)c2ccc([C@H]3SCC(=O)N3Cc3ccc(Cl)cc3)cc2)cc1OC. The van der Waals surface area contributed by atoms with Gasteiger partial charge in [0.05, 0.1) is 20.0 Å². The van der Waals surface area contributed by atoms with E-state index in [0.29, 0.717) is 47.3 Å². The molecular weight excluding hydrogens is 484 g/mol. The third-order valence-corrected chi connectivity index (χ3v) is 7.35. The van der Waals surface area contributed by atoms with Gasteiger partial charge in [-0.1, -0.05) is 41.9 Å². The van der Waals surface area contributed by atoms with Crippen molar-refractivity contribution in [3.05, 3.63) is 94.0 Å². The number of thioether (sulfide) groups is 1. The molecule has 1 aliphatic rings. The average molecular weight is 511 g/mol. The summed E-state index contributed by atoms with van der Waals surface area (Å²) in [5, 5.41) is 3.55. The van der Waals surface area contributed by atoms with E-state index < -0.39 is 0 Å². The summed E-state index contributed by atoms with van der Waals surface area (Å²) in [4.78, 5) is 27.0. The molecule has 35 heavy (non-hydrogen) atoms. The van der Waals surface area contributed by atoms with Crippen molar-refractivity contribution in [2.24, 2.45) is 0 Å². The number of carbonyl (C=O) groups is 2. The van der Waals surface area contributed by atoms with Crippen LogP contribution in [0.2, 0.25) is 5.02 Å². The highest BCUT2D eigenvalue weighted by atomic mass is 35.5. The smallest absolute Gasteiger partial charge is 0.251 e. The first kappa shape index (κ1) is 24.9. The van der Waals surface area contributed by atoms with Crippen LogP contribution in [-0.4, -0.2) is 43.2 Å². The van der Waals surface area contributed by atoms with Crippen LogP contribution in [0, 0.1) is 0 Å². The van der Waals surface area contributed by atoms with Gasteiger partial charge in [-0.2, -0.15) is 0 Å². The largest absolute Gasteiger partial charge is 0.493 e. The van der Waals surface area contributed by atoms with Crippen molar-refractivity contribution in [1.82, 2.24) is 10.2 Å². The minimum absolute atomic E-state index is 0.0830. The zero-order valence-electron chi connectivity index (χ0n) is 19.6. The fourth-order valence-electron chi connectivity index (χ4n) is 3.95. The molecule has 1 atom stereocenters. The van der Waals surface area contributed by atoms with Crippen molar-refractivity contribution in [2.45, 2.75) is 18.3 Å². The predicted molar refractivity (Wildman–Crippen MR) is 139 cm³/mol. The van der Waals surface area contributed by atoms with Gasteiger partial charge in [0.1, 0.15) is 5.37 Å². The molecule has 6 nitrogen and oxygen atoms in total. The van der Waals surface area contributed by atoms with Gasteiger partial charge in [0.15, 0.2) is 11.5 Å². The van der Waals surface area contributed by atoms with Gasteiger partial charge in [-0.05, 0) is 59.5 Å². The molecule has 1 N–H and O–H groups in total. The Bertz CT molecular complexity index is 1180. The summed E-state index contributed by atoms with van der Waals surface area (Å²) in [6.45, 7) is 1.02. The van der Waals surface area contributed by atoms with E-state index >= 15 is 0 Å². The van der Waals surface area contributed by atoms with Crippen LogP contribution in [0.5, 0.6) is 11.5 Å². The van der Waals surface area contributed by atoms with Crippen molar-refractivity contribution >= 4 is 35.2 Å². The van der Waals surface area contributed by atoms with E-state index in [4.69, 9.17) is 21.1 Å².